The predicted octanol–water partition coefficient (Wildman–Crippen LogP) is 2.46. The average Bonchev–Trinajstić information content (AvgIpc) is 2.46. The zero-order valence-electron chi connectivity index (χ0n) is 10.6. The molecule has 0 bridgehead atoms. The fourth-order valence-corrected chi connectivity index (χ4v) is 1.76. The Hall–Kier alpha value is -2.56. The second kappa shape index (κ2) is 5.39. The summed E-state index contributed by atoms with van der Waals surface area (Å²) in [4.78, 5) is 15.4. The maximum atomic E-state index is 11.2. The lowest BCUT2D eigenvalue weighted by Crippen LogP contribution is -2.06. The lowest BCUT2D eigenvalue weighted by atomic mass is 10.1. The highest BCUT2D eigenvalue weighted by molar-refractivity contribution is 5.94. The molecule has 1 heterocycles. The molecule has 0 radical (unpaired) electrons. The number of nitrogens with zero attached hydrogens (tertiary/aromatic N) is 1. The number of hydrogen-bond donors (Lipinski definition) is 1. The molecular formula is C14H13NO4. The fraction of sp³-hybridized carbons (Fsp3) is 0.143. The lowest BCUT2D eigenvalue weighted by molar-refractivity contribution is 0.0688. The van der Waals surface area contributed by atoms with Crippen LogP contribution in [0.4, 0.5) is 0 Å². The van der Waals surface area contributed by atoms with Crippen LogP contribution in [-0.2, 0) is 0 Å². The SMILES string of the molecule is COc1cc(-c2ccccc2)nc(OC)c1C(=O)O. The van der Waals surface area contributed by atoms with Crippen LogP contribution >= 0.6 is 0 Å². The molecule has 0 aliphatic heterocycles. The van der Waals surface area contributed by atoms with Crippen LogP contribution in [0.2, 0.25) is 0 Å². The first-order valence-corrected chi connectivity index (χ1v) is 5.59. The molecule has 2 rings (SSSR count). The van der Waals surface area contributed by atoms with Gasteiger partial charge in [-0.1, -0.05) is 30.3 Å². The average molecular weight is 259 g/mol. The summed E-state index contributed by atoms with van der Waals surface area (Å²) >= 11 is 0. The molecule has 0 spiro atoms. The van der Waals surface area contributed by atoms with Crippen LogP contribution in [0.25, 0.3) is 11.3 Å². The van der Waals surface area contributed by atoms with Crippen molar-refractivity contribution in [3.05, 3.63) is 42.0 Å². The Balaban J connectivity index is 2.63. The van der Waals surface area contributed by atoms with Crippen LogP contribution in [0.3, 0.4) is 0 Å². The molecule has 2 aromatic rings. The molecule has 0 atom stereocenters. The van der Waals surface area contributed by atoms with Gasteiger partial charge in [0.05, 0.1) is 19.9 Å². The molecule has 0 aliphatic carbocycles. The van der Waals surface area contributed by atoms with E-state index in [1.807, 2.05) is 30.3 Å². The van der Waals surface area contributed by atoms with Crippen molar-refractivity contribution in [1.82, 2.24) is 4.98 Å². The first kappa shape index (κ1) is 12.9. The van der Waals surface area contributed by atoms with Gasteiger partial charge in [-0.15, -0.1) is 0 Å². The largest absolute Gasteiger partial charge is 0.496 e. The number of methoxy groups -OCH3 is 2. The van der Waals surface area contributed by atoms with Gasteiger partial charge in [-0.25, -0.2) is 9.78 Å². The van der Waals surface area contributed by atoms with Crippen LogP contribution in [-0.4, -0.2) is 30.3 Å². The number of ether oxygens (including phenoxy) is 2. The Morgan fingerprint density at radius 3 is 2.37 bits per heavy atom. The molecule has 5 nitrogen and oxygen atoms in total. The van der Waals surface area contributed by atoms with Crippen molar-refractivity contribution >= 4 is 5.97 Å². The van der Waals surface area contributed by atoms with E-state index in [4.69, 9.17) is 9.47 Å². The Labute approximate surface area is 110 Å². The molecule has 19 heavy (non-hydrogen) atoms. The van der Waals surface area contributed by atoms with Crippen LogP contribution in [0.5, 0.6) is 11.6 Å². The lowest BCUT2D eigenvalue weighted by Gasteiger charge is -2.11. The smallest absolute Gasteiger partial charge is 0.345 e. The third-order valence-electron chi connectivity index (χ3n) is 2.65. The van der Waals surface area contributed by atoms with Gasteiger partial charge in [0.1, 0.15) is 5.75 Å². The van der Waals surface area contributed by atoms with E-state index in [9.17, 15) is 9.90 Å². The second-order valence-electron chi connectivity index (χ2n) is 3.77. The summed E-state index contributed by atoms with van der Waals surface area (Å²) in [5.41, 5.74) is 1.38. The van der Waals surface area contributed by atoms with Crippen molar-refractivity contribution in [1.29, 1.82) is 0 Å². The van der Waals surface area contributed by atoms with E-state index in [-0.39, 0.29) is 17.2 Å². The van der Waals surface area contributed by atoms with Crippen molar-refractivity contribution in [2.75, 3.05) is 14.2 Å². The first-order chi connectivity index (χ1) is 9.17. The molecule has 0 aliphatic rings. The minimum absolute atomic E-state index is 0.0331. The molecule has 0 saturated heterocycles. The monoisotopic (exact) mass is 259 g/mol. The highest BCUT2D eigenvalue weighted by Gasteiger charge is 2.21. The fourth-order valence-electron chi connectivity index (χ4n) is 1.76. The zero-order chi connectivity index (χ0) is 13.8. The highest BCUT2D eigenvalue weighted by Crippen LogP contribution is 2.31. The van der Waals surface area contributed by atoms with Gasteiger partial charge in [0.15, 0.2) is 5.56 Å². The summed E-state index contributed by atoms with van der Waals surface area (Å²) in [6.45, 7) is 0. The minimum Gasteiger partial charge on any atom is -0.496 e. The first-order valence-electron chi connectivity index (χ1n) is 5.59. The topological polar surface area (TPSA) is 68.7 Å². The van der Waals surface area contributed by atoms with Gasteiger partial charge >= 0.3 is 5.97 Å². The Bertz CT molecular complexity index is 571. The van der Waals surface area contributed by atoms with E-state index in [2.05, 4.69) is 4.98 Å². The molecule has 5 heteroatoms. The summed E-state index contributed by atoms with van der Waals surface area (Å²) in [5.74, 6) is -0.885. The van der Waals surface area contributed by atoms with Crippen LogP contribution in [0.15, 0.2) is 36.4 Å². The van der Waals surface area contributed by atoms with Crippen molar-refractivity contribution in [3.8, 4) is 22.9 Å². The summed E-state index contributed by atoms with van der Waals surface area (Å²) in [6, 6.07) is 11.0. The predicted molar refractivity (Wildman–Crippen MR) is 69.7 cm³/mol. The number of carboxylic acid groups (broad SMARTS) is 1. The third-order valence-corrected chi connectivity index (χ3v) is 2.65. The van der Waals surface area contributed by atoms with E-state index >= 15 is 0 Å². The number of benzene rings is 1. The molecule has 0 fully saturated rings. The Morgan fingerprint density at radius 2 is 1.84 bits per heavy atom. The van der Waals surface area contributed by atoms with Gasteiger partial charge < -0.3 is 14.6 Å². The van der Waals surface area contributed by atoms with Crippen LogP contribution in [0.1, 0.15) is 10.4 Å². The third kappa shape index (κ3) is 2.49. The molecule has 0 saturated carbocycles. The summed E-state index contributed by atoms with van der Waals surface area (Å²) in [5, 5.41) is 9.17. The molecule has 1 aromatic carbocycles. The van der Waals surface area contributed by atoms with Gasteiger partial charge in [-0.2, -0.15) is 0 Å². The van der Waals surface area contributed by atoms with Crippen LogP contribution in [0, 0.1) is 0 Å². The van der Waals surface area contributed by atoms with E-state index in [0.29, 0.717) is 5.69 Å². The minimum atomic E-state index is -1.14. The Kier molecular flexibility index (Phi) is 3.66. The second-order valence-corrected chi connectivity index (χ2v) is 3.77. The molecule has 0 amide bonds. The van der Waals surface area contributed by atoms with E-state index in [0.717, 1.165) is 5.56 Å². The van der Waals surface area contributed by atoms with Gasteiger partial charge in [0.2, 0.25) is 5.88 Å². The highest BCUT2D eigenvalue weighted by atomic mass is 16.5. The van der Waals surface area contributed by atoms with E-state index in [1.165, 1.54) is 14.2 Å². The van der Waals surface area contributed by atoms with Crippen LogP contribution < -0.4 is 9.47 Å². The number of pyridine rings is 1. The van der Waals surface area contributed by atoms with Gasteiger partial charge in [-0.3, -0.25) is 0 Å². The van der Waals surface area contributed by atoms with Crippen molar-refractivity contribution in [2.24, 2.45) is 0 Å². The molecule has 1 aromatic heterocycles. The van der Waals surface area contributed by atoms with E-state index in [1.54, 1.807) is 6.07 Å². The standard InChI is InChI=1S/C14H13NO4/c1-18-11-8-10(9-6-4-3-5-7-9)15-13(19-2)12(11)14(16)17/h3-8H,1-2H3,(H,16,17). The summed E-state index contributed by atoms with van der Waals surface area (Å²) < 4.78 is 10.1. The number of aromatic carboxylic acids is 1. The molecule has 0 unspecified atom stereocenters. The van der Waals surface area contributed by atoms with Crippen molar-refractivity contribution in [3.63, 3.8) is 0 Å². The number of aromatic nitrogens is 1. The zero-order valence-corrected chi connectivity index (χ0v) is 10.6. The maximum Gasteiger partial charge on any atom is 0.345 e. The number of hydrogen-bond acceptors (Lipinski definition) is 4. The maximum absolute atomic E-state index is 11.2. The number of carbonyl (C=O) groups is 1. The summed E-state index contributed by atoms with van der Waals surface area (Å²) in [6.07, 6.45) is 0. The van der Waals surface area contributed by atoms with Crippen molar-refractivity contribution in [2.45, 2.75) is 0 Å². The van der Waals surface area contributed by atoms with Gasteiger partial charge in [0, 0.05) is 11.6 Å². The molecule has 1 N–H and O–H groups in total. The van der Waals surface area contributed by atoms with Gasteiger partial charge in [-0.05, 0) is 0 Å². The van der Waals surface area contributed by atoms with E-state index < -0.39 is 5.97 Å². The number of carboxylic acids is 1. The summed E-state index contributed by atoms with van der Waals surface area (Å²) in [7, 11) is 2.79. The van der Waals surface area contributed by atoms with Gasteiger partial charge in [0.25, 0.3) is 0 Å². The quantitative estimate of drug-likeness (QED) is 0.913. The number of rotatable bonds is 4. The molecular weight excluding hydrogens is 246 g/mol. The van der Waals surface area contributed by atoms with Crippen molar-refractivity contribution < 1.29 is 19.4 Å². The Morgan fingerprint density at radius 1 is 1.16 bits per heavy atom. The molecule has 98 valence electrons. The normalized spacial score (nSPS) is 10.0.